The van der Waals surface area contributed by atoms with E-state index in [4.69, 9.17) is 10.7 Å². The van der Waals surface area contributed by atoms with Crippen molar-refractivity contribution in [2.75, 3.05) is 0 Å². The lowest BCUT2D eigenvalue weighted by atomic mass is 9.84. The Labute approximate surface area is 118 Å². The lowest BCUT2D eigenvalue weighted by molar-refractivity contribution is 0.725. The Hall–Kier alpha value is -2.23. The average Bonchev–Trinajstić information content (AvgIpc) is 2.39. The second-order valence-electron chi connectivity index (χ2n) is 5.36. The van der Waals surface area contributed by atoms with Gasteiger partial charge in [0, 0.05) is 11.3 Å². The van der Waals surface area contributed by atoms with Crippen molar-refractivity contribution in [3.63, 3.8) is 0 Å². The number of nitrogens with two attached hydrogens (primary N) is 1. The molecule has 2 N–H and O–H groups in total. The van der Waals surface area contributed by atoms with Crippen LogP contribution < -0.4 is 5.73 Å². The zero-order valence-corrected chi connectivity index (χ0v) is 12.0. The Morgan fingerprint density at radius 2 is 1.80 bits per heavy atom. The molecule has 2 heterocycles. The first kappa shape index (κ1) is 12.8. The molecule has 0 spiro atoms. The summed E-state index contributed by atoms with van der Waals surface area (Å²) in [7, 11) is 0. The predicted molar refractivity (Wildman–Crippen MR) is 83.6 cm³/mol. The van der Waals surface area contributed by atoms with E-state index in [-0.39, 0.29) is 12.0 Å². The van der Waals surface area contributed by atoms with Gasteiger partial charge in [-0.05, 0) is 31.9 Å². The lowest BCUT2D eigenvalue weighted by Crippen LogP contribution is -2.41. The number of aryl methyl sites for hydroxylation is 2. The van der Waals surface area contributed by atoms with E-state index in [0.29, 0.717) is 5.84 Å². The van der Waals surface area contributed by atoms with Gasteiger partial charge in [-0.2, -0.15) is 0 Å². The predicted octanol–water partition coefficient (Wildman–Crippen LogP) is 2.39. The van der Waals surface area contributed by atoms with Crippen LogP contribution in [0.4, 0.5) is 0 Å². The maximum absolute atomic E-state index is 6.03. The molecule has 3 rings (SSSR count). The van der Waals surface area contributed by atoms with Crippen molar-refractivity contribution >= 4 is 17.9 Å². The third-order valence-corrected chi connectivity index (χ3v) is 3.85. The van der Waals surface area contributed by atoms with Gasteiger partial charge in [0.1, 0.15) is 18.2 Å². The first-order chi connectivity index (χ1) is 9.58. The van der Waals surface area contributed by atoms with E-state index in [1.54, 1.807) is 6.34 Å². The number of benzene rings is 1. The SMILES string of the molecule is CC1=CC2C(N)=NC=NC2C(c2c(C)cccc2C)=N1. The molecule has 2 aliphatic heterocycles. The molecule has 4 heteroatoms. The van der Waals surface area contributed by atoms with Crippen molar-refractivity contribution in [1.29, 1.82) is 0 Å². The minimum atomic E-state index is -0.0593. The smallest absolute Gasteiger partial charge is 0.112 e. The van der Waals surface area contributed by atoms with Gasteiger partial charge < -0.3 is 5.73 Å². The first-order valence-corrected chi connectivity index (χ1v) is 6.76. The summed E-state index contributed by atoms with van der Waals surface area (Å²) in [6, 6.07) is 6.23. The Morgan fingerprint density at radius 3 is 2.50 bits per heavy atom. The summed E-state index contributed by atoms with van der Waals surface area (Å²) < 4.78 is 0. The average molecular weight is 266 g/mol. The van der Waals surface area contributed by atoms with Crippen molar-refractivity contribution < 1.29 is 0 Å². The fourth-order valence-corrected chi connectivity index (χ4v) is 2.91. The summed E-state index contributed by atoms with van der Waals surface area (Å²) in [4.78, 5) is 13.4. The highest BCUT2D eigenvalue weighted by atomic mass is 15.0. The topological polar surface area (TPSA) is 63.1 Å². The summed E-state index contributed by atoms with van der Waals surface area (Å²) in [5, 5.41) is 0. The number of amidine groups is 1. The standard InChI is InChI=1S/C16H18N4/c1-9-5-4-6-10(2)13(9)15-14-12(7-11(3)20-15)16(17)19-8-18-14/h4-8,12,14H,1-3H3,(H2,17,18,19). The van der Waals surface area contributed by atoms with E-state index in [1.807, 2.05) is 6.92 Å². The van der Waals surface area contributed by atoms with Crippen LogP contribution >= 0.6 is 0 Å². The van der Waals surface area contributed by atoms with Crippen LogP contribution in [0.25, 0.3) is 0 Å². The number of fused-ring (bicyclic) bond motifs is 1. The maximum atomic E-state index is 6.03. The van der Waals surface area contributed by atoms with E-state index < -0.39 is 0 Å². The quantitative estimate of drug-likeness (QED) is 0.833. The monoisotopic (exact) mass is 266 g/mol. The molecule has 2 atom stereocenters. The van der Waals surface area contributed by atoms with Crippen LogP contribution in [0.5, 0.6) is 0 Å². The number of allylic oxidation sites excluding steroid dienone is 1. The van der Waals surface area contributed by atoms with Crippen LogP contribution in [0, 0.1) is 19.8 Å². The van der Waals surface area contributed by atoms with Crippen molar-refractivity contribution in [3.8, 4) is 0 Å². The molecular weight excluding hydrogens is 248 g/mol. The first-order valence-electron chi connectivity index (χ1n) is 6.76. The van der Waals surface area contributed by atoms with E-state index in [1.165, 1.54) is 16.7 Å². The Bertz CT molecular complexity index is 659. The molecule has 0 saturated carbocycles. The summed E-state index contributed by atoms with van der Waals surface area (Å²) in [6.45, 7) is 6.21. The fourth-order valence-electron chi connectivity index (χ4n) is 2.91. The molecule has 0 amide bonds. The van der Waals surface area contributed by atoms with Gasteiger partial charge >= 0.3 is 0 Å². The fraction of sp³-hybridized carbons (Fsp3) is 0.312. The van der Waals surface area contributed by atoms with Gasteiger partial charge in [-0.1, -0.05) is 24.3 Å². The molecule has 1 aromatic carbocycles. The summed E-state index contributed by atoms with van der Waals surface area (Å²) in [5.41, 5.74) is 11.6. The van der Waals surface area contributed by atoms with Crippen LogP contribution in [0.3, 0.4) is 0 Å². The molecule has 20 heavy (non-hydrogen) atoms. The molecular formula is C16H18N4. The summed E-state index contributed by atoms with van der Waals surface area (Å²) in [6.07, 6.45) is 3.60. The van der Waals surface area contributed by atoms with Crippen molar-refractivity contribution in [2.24, 2.45) is 26.6 Å². The van der Waals surface area contributed by atoms with Gasteiger partial charge in [-0.15, -0.1) is 0 Å². The molecule has 2 aliphatic rings. The van der Waals surface area contributed by atoms with Gasteiger partial charge in [0.15, 0.2) is 0 Å². The zero-order valence-electron chi connectivity index (χ0n) is 12.0. The highest BCUT2D eigenvalue weighted by molar-refractivity contribution is 6.12. The van der Waals surface area contributed by atoms with Gasteiger partial charge in [0.05, 0.1) is 11.6 Å². The van der Waals surface area contributed by atoms with E-state index in [9.17, 15) is 0 Å². The third-order valence-electron chi connectivity index (χ3n) is 3.85. The van der Waals surface area contributed by atoms with Crippen LogP contribution in [0.15, 0.2) is 44.9 Å². The maximum Gasteiger partial charge on any atom is 0.112 e. The van der Waals surface area contributed by atoms with E-state index in [2.05, 4.69) is 48.1 Å². The number of nitrogens with zero attached hydrogens (tertiary/aromatic N) is 3. The molecule has 0 saturated heterocycles. The second kappa shape index (κ2) is 4.71. The molecule has 0 bridgehead atoms. The zero-order chi connectivity index (χ0) is 14.3. The minimum Gasteiger partial charge on any atom is -0.387 e. The number of rotatable bonds is 1. The van der Waals surface area contributed by atoms with E-state index >= 15 is 0 Å². The summed E-state index contributed by atoms with van der Waals surface area (Å²) in [5.74, 6) is 0.634. The molecule has 0 aliphatic carbocycles. The highest BCUT2D eigenvalue weighted by Crippen LogP contribution is 2.28. The van der Waals surface area contributed by atoms with Crippen LogP contribution in [0.1, 0.15) is 23.6 Å². The molecule has 4 nitrogen and oxygen atoms in total. The molecule has 0 aromatic heterocycles. The number of hydrogen-bond acceptors (Lipinski definition) is 4. The largest absolute Gasteiger partial charge is 0.387 e. The highest BCUT2D eigenvalue weighted by Gasteiger charge is 2.33. The normalized spacial score (nSPS) is 24.6. The van der Waals surface area contributed by atoms with Crippen molar-refractivity contribution in [2.45, 2.75) is 26.8 Å². The Kier molecular flexibility index (Phi) is 3.01. The second-order valence-corrected chi connectivity index (χ2v) is 5.36. The molecule has 102 valence electrons. The van der Waals surface area contributed by atoms with Crippen LogP contribution in [0.2, 0.25) is 0 Å². The number of aliphatic imine (C=N–C) groups is 3. The van der Waals surface area contributed by atoms with Crippen LogP contribution in [-0.4, -0.2) is 23.9 Å². The van der Waals surface area contributed by atoms with Gasteiger partial charge in [0.2, 0.25) is 0 Å². The van der Waals surface area contributed by atoms with E-state index in [0.717, 1.165) is 11.4 Å². The van der Waals surface area contributed by atoms with Crippen LogP contribution in [-0.2, 0) is 0 Å². The summed E-state index contributed by atoms with van der Waals surface area (Å²) >= 11 is 0. The lowest BCUT2D eigenvalue weighted by Gasteiger charge is -2.29. The Morgan fingerprint density at radius 1 is 1.10 bits per heavy atom. The third kappa shape index (κ3) is 1.97. The molecule has 1 aromatic rings. The van der Waals surface area contributed by atoms with Crippen molar-refractivity contribution in [1.82, 2.24) is 0 Å². The minimum absolute atomic E-state index is 0.0199. The molecule has 0 fully saturated rings. The number of hydrogen-bond donors (Lipinski definition) is 1. The van der Waals surface area contributed by atoms with Crippen molar-refractivity contribution in [3.05, 3.63) is 46.7 Å². The van der Waals surface area contributed by atoms with Gasteiger partial charge in [-0.25, -0.2) is 4.99 Å². The molecule has 0 radical (unpaired) electrons. The van der Waals surface area contributed by atoms with Gasteiger partial charge in [0.25, 0.3) is 0 Å². The molecule has 2 unspecified atom stereocenters. The van der Waals surface area contributed by atoms with Gasteiger partial charge in [-0.3, -0.25) is 9.98 Å². The Balaban J connectivity index is 2.16.